The molecule has 0 saturated heterocycles. The highest BCUT2D eigenvalue weighted by Crippen LogP contribution is 2.29. The van der Waals surface area contributed by atoms with Gasteiger partial charge in [0, 0.05) is 35.7 Å². The second-order valence-corrected chi connectivity index (χ2v) is 10.1. The van der Waals surface area contributed by atoms with Crippen LogP contribution in [0.25, 0.3) is 10.6 Å². The normalized spacial score (nSPS) is 10.6. The summed E-state index contributed by atoms with van der Waals surface area (Å²) in [4.78, 5) is 27.8. The molecule has 0 bridgehead atoms. The molecular weight excluding hydrogens is 552 g/mol. The van der Waals surface area contributed by atoms with Gasteiger partial charge in [-0.25, -0.2) is 0 Å². The summed E-state index contributed by atoms with van der Waals surface area (Å²) in [5.41, 5.74) is 2.33. The first kappa shape index (κ1) is 28.8. The molecule has 0 aliphatic carbocycles. The molecule has 4 aromatic rings. The molecule has 2 amide bonds. The lowest BCUT2D eigenvalue weighted by atomic mass is 10.1. The smallest absolute Gasteiger partial charge is 0.253 e. The monoisotopic (exact) mass is 580 g/mol. The van der Waals surface area contributed by atoms with Crippen molar-refractivity contribution in [2.45, 2.75) is 12.8 Å². The highest BCUT2D eigenvalue weighted by atomic mass is 35.5. The van der Waals surface area contributed by atoms with Gasteiger partial charge in [0.25, 0.3) is 5.91 Å². The Morgan fingerprint density at radius 2 is 1.60 bits per heavy atom. The first-order chi connectivity index (χ1) is 19.4. The van der Waals surface area contributed by atoms with Gasteiger partial charge < -0.3 is 24.4 Å². The lowest BCUT2D eigenvalue weighted by Crippen LogP contribution is -2.35. The number of rotatable bonds is 12. The average Bonchev–Trinajstić information content (AvgIpc) is 3.45. The first-order valence-electron chi connectivity index (χ1n) is 12.4. The molecule has 0 unspecified atom stereocenters. The Balaban J connectivity index is 1.41. The van der Waals surface area contributed by atoms with E-state index in [0.29, 0.717) is 45.2 Å². The molecule has 0 saturated carbocycles. The molecular formula is C29H29ClN4O5S. The fraction of sp³-hybridized carbons (Fsp3) is 0.241. The third-order valence-electron chi connectivity index (χ3n) is 6.11. The number of hydrogen-bond donors (Lipinski definition) is 1. The van der Waals surface area contributed by atoms with Crippen LogP contribution in [0.3, 0.4) is 0 Å². The van der Waals surface area contributed by atoms with E-state index < -0.39 is 0 Å². The van der Waals surface area contributed by atoms with Crippen LogP contribution in [-0.4, -0.2) is 61.3 Å². The Morgan fingerprint density at radius 3 is 2.27 bits per heavy atom. The second kappa shape index (κ2) is 13.8. The van der Waals surface area contributed by atoms with E-state index in [2.05, 4.69) is 15.5 Å². The maximum atomic E-state index is 13.4. The van der Waals surface area contributed by atoms with Gasteiger partial charge in [0.05, 0.1) is 21.3 Å². The van der Waals surface area contributed by atoms with Crippen LogP contribution in [0.1, 0.15) is 22.3 Å². The van der Waals surface area contributed by atoms with Gasteiger partial charge in [-0.1, -0.05) is 29.0 Å². The van der Waals surface area contributed by atoms with Gasteiger partial charge in [0.1, 0.15) is 10.8 Å². The average molecular weight is 581 g/mol. The van der Waals surface area contributed by atoms with Crippen LogP contribution in [0.5, 0.6) is 17.2 Å². The van der Waals surface area contributed by atoms with Crippen LogP contribution in [0.4, 0.5) is 5.13 Å². The quantitative estimate of drug-likeness (QED) is 0.233. The largest absolute Gasteiger partial charge is 0.497 e. The lowest BCUT2D eigenvalue weighted by Gasteiger charge is -2.23. The molecule has 3 aromatic carbocycles. The van der Waals surface area contributed by atoms with E-state index in [0.717, 1.165) is 16.9 Å². The van der Waals surface area contributed by atoms with Crippen LogP contribution in [0.2, 0.25) is 5.02 Å². The number of anilines is 1. The number of amides is 2. The Kier molecular flexibility index (Phi) is 9.93. The summed E-state index contributed by atoms with van der Waals surface area (Å²) in [6.45, 7) is 0.607. The summed E-state index contributed by atoms with van der Waals surface area (Å²) in [5, 5.41) is 12.7. The van der Waals surface area contributed by atoms with E-state index in [1.54, 1.807) is 50.5 Å². The lowest BCUT2D eigenvalue weighted by molar-refractivity contribution is -0.116. The van der Waals surface area contributed by atoms with Crippen molar-refractivity contribution in [3.05, 3.63) is 82.9 Å². The third-order valence-corrected chi connectivity index (χ3v) is 7.25. The standard InChI is InChI=1S/C29H29ClN4O5S/c1-37-23-11-7-20(8-12-23)27-32-33-29(40-27)31-26(35)15-17-34(28(36)21-5-9-22(30)10-6-21)16-14-19-4-13-24(38-2)25(18-19)39-3/h4-13,18H,14-17H2,1-3H3,(H,31,33,35). The van der Waals surface area contributed by atoms with E-state index in [1.807, 2.05) is 42.5 Å². The molecule has 9 nitrogen and oxygen atoms in total. The summed E-state index contributed by atoms with van der Waals surface area (Å²) in [6.07, 6.45) is 0.644. The topological polar surface area (TPSA) is 103 Å². The number of nitrogens with one attached hydrogen (secondary N) is 1. The zero-order valence-electron chi connectivity index (χ0n) is 22.3. The number of halogens is 1. The summed E-state index contributed by atoms with van der Waals surface area (Å²) in [5.74, 6) is 1.52. The van der Waals surface area contributed by atoms with Crippen molar-refractivity contribution < 1.29 is 23.8 Å². The molecule has 1 heterocycles. The summed E-state index contributed by atoms with van der Waals surface area (Å²) >= 11 is 7.28. The molecule has 40 heavy (non-hydrogen) atoms. The second-order valence-electron chi connectivity index (χ2n) is 8.68. The van der Waals surface area contributed by atoms with Gasteiger partial charge >= 0.3 is 0 Å². The minimum absolute atomic E-state index is 0.0860. The number of methoxy groups -OCH3 is 3. The minimum atomic E-state index is -0.266. The molecule has 0 atom stereocenters. The number of nitrogens with zero attached hydrogens (tertiary/aromatic N) is 3. The molecule has 11 heteroatoms. The fourth-order valence-corrected chi connectivity index (χ4v) is 4.82. The third kappa shape index (κ3) is 7.49. The number of ether oxygens (including phenoxy) is 3. The molecule has 4 rings (SSSR count). The van der Waals surface area contributed by atoms with Crippen molar-refractivity contribution in [3.63, 3.8) is 0 Å². The van der Waals surface area contributed by atoms with E-state index in [-0.39, 0.29) is 24.8 Å². The number of carbonyl (C=O) groups is 2. The van der Waals surface area contributed by atoms with Crippen LogP contribution < -0.4 is 19.5 Å². The van der Waals surface area contributed by atoms with Crippen molar-refractivity contribution in [3.8, 4) is 27.8 Å². The van der Waals surface area contributed by atoms with Crippen molar-refractivity contribution in [2.75, 3.05) is 39.7 Å². The molecule has 0 aliphatic heterocycles. The van der Waals surface area contributed by atoms with E-state index >= 15 is 0 Å². The van der Waals surface area contributed by atoms with Gasteiger partial charge in [-0.3, -0.25) is 9.59 Å². The van der Waals surface area contributed by atoms with E-state index in [1.165, 1.54) is 11.3 Å². The van der Waals surface area contributed by atoms with Gasteiger partial charge in [0.15, 0.2) is 11.5 Å². The number of hydrogen-bond acceptors (Lipinski definition) is 8. The molecule has 0 spiro atoms. The van der Waals surface area contributed by atoms with Crippen LogP contribution >= 0.6 is 22.9 Å². The summed E-state index contributed by atoms with van der Waals surface area (Å²) < 4.78 is 15.9. The molecule has 0 fully saturated rings. The molecule has 0 radical (unpaired) electrons. The Labute approximate surface area is 241 Å². The summed E-state index contributed by atoms with van der Waals surface area (Å²) in [7, 11) is 4.76. The number of aromatic nitrogens is 2. The molecule has 1 N–H and O–H groups in total. The van der Waals surface area contributed by atoms with Crippen molar-refractivity contribution in [1.29, 1.82) is 0 Å². The Morgan fingerprint density at radius 1 is 0.875 bits per heavy atom. The molecule has 208 valence electrons. The maximum absolute atomic E-state index is 13.4. The van der Waals surface area contributed by atoms with Gasteiger partial charge in [-0.15, -0.1) is 10.2 Å². The molecule has 0 aliphatic rings. The predicted octanol–water partition coefficient (Wildman–Crippen LogP) is 5.60. The Hall–Kier alpha value is -4.15. The van der Waals surface area contributed by atoms with Crippen molar-refractivity contribution in [2.24, 2.45) is 0 Å². The van der Waals surface area contributed by atoms with Crippen LogP contribution in [0, 0.1) is 0 Å². The van der Waals surface area contributed by atoms with Crippen molar-refractivity contribution in [1.82, 2.24) is 15.1 Å². The SMILES string of the molecule is COc1ccc(-c2nnc(NC(=O)CCN(CCc3ccc(OC)c(OC)c3)C(=O)c3ccc(Cl)cc3)s2)cc1. The maximum Gasteiger partial charge on any atom is 0.253 e. The zero-order chi connectivity index (χ0) is 28.5. The van der Waals surface area contributed by atoms with Gasteiger partial charge in [-0.05, 0) is 72.6 Å². The first-order valence-corrected chi connectivity index (χ1v) is 13.6. The predicted molar refractivity (Wildman–Crippen MR) is 156 cm³/mol. The molecule has 1 aromatic heterocycles. The van der Waals surface area contributed by atoms with Crippen molar-refractivity contribution >= 4 is 39.9 Å². The van der Waals surface area contributed by atoms with E-state index in [9.17, 15) is 9.59 Å². The minimum Gasteiger partial charge on any atom is -0.497 e. The highest BCUT2D eigenvalue weighted by molar-refractivity contribution is 7.18. The number of benzene rings is 3. The highest BCUT2D eigenvalue weighted by Gasteiger charge is 2.18. The number of carbonyl (C=O) groups excluding carboxylic acids is 2. The van der Waals surface area contributed by atoms with Crippen LogP contribution in [0.15, 0.2) is 66.7 Å². The zero-order valence-corrected chi connectivity index (χ0v) is 23.9. The summed E-state index contributed by atoms with van der Waals surface area (Å²) in [6, 6.07) is 19.8. The fourth-order valence-electron chi connectivity index (χ4n) is 3.93. The van der Waals surface area contributed by atoms with Crippen LogP contribution in [-0.2, 0) is 11.2 Å². The van der Waals surface area contributed by atoms with E-state index in [4.69, 9.17) is 25.8 Å². The van der Waals surface area contributed by atoms with Gasteiger partial charge in [0.2, 0.25) is 11.0 Å². The van der Waals surface area contributed by atoms with Gasteiger partial charge in [-0.2, -0.15) is 0 Å². The Bertz CT molecular complexity index is 1440.